The topological polar surface area (TPSA) is 30.2 Å². The van der Waals surface area contributed by atoms with E-state index in [1.807, 2.05) is 33.2 Å². The second-order valence-corrected chi connectivity index (χ2v) is 3.01. The number of hydrogen-bond acceptors (Lipinski definition) is 2. The molecule has 62 valence electrons. The highest BCUT2D eigenvalue weighted by Crippen LogP contribution is 2.11. The normalized spacial score (nSPS) is 10.9. The lowest BCUT2D eigenvalue weighted by molar-refractivity contribution is 0.962. The number of fused-ring (bicyclic) bond motifs is 1. The molecule has 0 saturated heterocycles. The van der Waals surface area contributed by atoms with E-state index in [4.69, 9.17) is 0 Å². The Morgan fingerprint density at radius 1 is 1.08 bits per heavy atom. The van der Waals surface area contributed by atoms with Gasteiger partial charge in [-0.05, 0) is 20.8 Å². The lowest BCUT2D eigenvalue weighted by Gasteiger charge is -2.02. The minimum Gasteiger partial charge on any atom is -0.298 e. The number of hydrogen-bond donors (Lipinski definition) is 0. The predicted molar refractivity (Wildman–Crippen MR) is 47.2 cm³/mol. The third kappa shape index (κ3) is 0.826. The maximum Gasteiger partial charge on any atom is 0.110 e. The van der Waals surface area contributed by atoms with Crippen molar-refractivity contribution in [3.63, 3.8) is 0 Å². The molecule has 0 aliphatic heterocycles. The molecule has 0 radical (unpaired) electrons. The van der Waals surface area contributed by atoms with Crippen LogP contribution in [0.15, 0.2) is 12.4 Å². The van der Waals surface area contributed by atoms with Crippen LogP contribution in [0.3, 0.4) is 0 Å². The van der Waals surface area contributed by atoms with Gasteiger partial charge in [0.2, 0.25) is 0 Å². The molecule has 0 unspecified atom stereocenters. The average Bonchev–Trinajstić information content (AvgIpc) is 2.42. The molecule has 12 heavy (non-hydrogen) atoms. The monoisotopic (exact) mass is 161 g/mol. The Kier molecular flexibility index (Phi) is 1.40. The van der Waals surface area contributed by atoms with Gasteiger partial charge in [-0.3, -0.25) is 9.38 Å². The van der Waals surface area contributed by atoms with E-state index in [-0.39, 0.29) is 0 Å². The number of aryl methyl sites for hydroxylation is 3. The molecule has 0 atom stereocenters. The van der Waals surface area contributed by atoms with E-state index in [2.05, 4.69) is 14.4 Å². The minimum absolute atomic E-state index is 1.02. The standard InChI is InChI=1S/C9H11N3/c1-6-4-10-7(2)9-5-11-8(3)12(6)9/h4-5H,1-3H3. The van der Waals surface area contributed by atoms with Crippen LogP contribution < -0.4 is 0 Å². The molecule has 0 amide bonds. The van der Waals surface area contributed by atoms with E-state index in [1.165, 1.54) is 0 Å². The van der Waals surface area contributed by atoms with Crippen molar-refractivity contribution in [2.45, 2.75) is 20.8 Å². The Balaban J connectivity index is 2.98. The Morgan fingerprint density at radius 3 is 2.50 bits per heavy atom. The van der Waals surface area contributed by atoms with E-state index in [0.717, 1.165) is 22.7 Å². The first kappa shape index (κ1) is 7.28. The molecular weight excluding hydrogens is 150 g/mol. The van der Waals surface area contributed by atoms with Gasteiger partial charge in [-0.1, -0.05) is 0 Å². The minimum atomic E-state index is 1.02. The molecule has 3 nitrogen and oxygen atoms in total. The predicted octanol–water partition coefficient (Wildman–Crippen LogP) is 1.65. The Labute approximate surface area is 71.1 Å². The van der Waals surface area contributed by atoms with Crippen LogP contribution in [0.2, 0.25) is 0 Å². The lowest BCUT2D eigenvalue weighted by Crippen LogP contribution is -1.97. The molecular formula is C9H11N3. The molecule has 0 aromatic carbocycles. The van der Waals surface area contributed by atoms with Crippen molar-refractivity contribution in [2.24, 2.45) is 0 Å². The van der Waals surface area contributed by atoms with Gasteiger partial charge in [-0.2, -0.15) is 0 Å². The summed E-state index contributed by atoms with van der Waals surface area (Å²) < 4.78 is 2.11. The van der Waals surface area contributed by atoms with Gasteiger partial charge in [0, 0.05) is 11.9 Å². The van der Waals surface area contributed by atoms with Crippen LogP contribution in [0.25, 0.3) is 5.52 Å². The summed E-state index contributed by atoms with van der Waals surface area (Å²) in [5.41, 5.74) is 3.26. The third-order valence-electron chi connectivity index (χ3n) is 2.11. The summed E-state index contributed by atoms with van der Waals surface area (Å²) in [4.78, 5) is 8.50. The SMILES string of the molecule is Cc1ncc(C)n2c(C)ncc12. The number of imidazole rings is 1. The third-order valence-corrected chi connectivity index (χ3v) is 2.11. The van der Waals surface area contributed by atoms with Crippen LogP contribution in [-0.2, 0) is 0 Å². The van der Waals surface area contributed by atoms with Crippen molar-refractivity contribution in [3.8, 4) is 0 Å². The lowest BCUT2D eigenvalue weighted by atomic mass is 10.3. The van der Waals surface area contributed by atoms with Crippen LogP contribution in [0.1, 0.15) is 17.2 Å². The first-order valence-electron chi connectivity index (χ1n) is 3.96. The fourth-order valence-electron chi connectivity index (χ4n) is 1.46. The van der Waals surface area contributed by atoms with Gasteiger partial charge in [0.1, 0.15) is 5.82 Å². The van der Waals surface area contributed by atoms with Crippen molar-refractivity contribution in [3.05, 3.63) is 29.6 Å². The summed E-state index contributed by atoms with van der Waals surface area (Å²) in [5.74, 6) is 1.02. The highest BCUT2D eigenvalue weighted by atomic mass is 15.0. The largest absolute Gasteiger partial charge is 0.298 e. The number of nitrogens with zero attached hydrogens (tertiary/aromatic N) is 3. The summed E-state index contributed by atoms with van der Waals surface area (Å²) >= 11 is 0. The summed E-state index contributed by atoms with van der Waals surface area (Å²) in [6, 6.07) is 0. The van der Waals surface area contributed by atoms with E-state index < -0.39 is 0 Å². The Bertz CT molecular complexity index is 429. The fraction of sp³-hybridized carbons (Fsp3) is 0.333. The van der Waals surface area contributed by atoms with Crippen LogP contribution in [0.4, 0.5) is 0 Å². The van der Waals surface area contributed by atoms with Crippen molar-refractivity contribution in [1.82, 2.24) is 14.4 Å². The molecule has 2 aromatic rings. The maximum absolute atomic E-state index is 4.26. The maximum atomic E-state index is 4.26. The van der Waals surface area contributed by atoms with Crippen LogP contribution in [0.5, 0.6) is 0 Å². The molecule has 0 spiro atoms. The van der Waals surface area contributed by atoms with E-state index in [1.54, 1.807) is 0 Å². The van der Waals surface area contributed by atoms with Crippen molar-refractivity contribution in [2.75, 3.05) is 0 Å². The second-order valence-electron chi connectivity index (χ2n) is 3.01. The Morgan fingerprint density at radius 2 is 1.83 bits per heavy atom. The van der Waals surface area contributed by atoms with Gasteiger partial charge in [0.25, 0.3) is 0 Å². The zero-order valence-corrected chi connectivity index (χ0v) is 7.50. The zero-order chi connectivity index (χ0) is 8.72. The van der Waals surface area contributed by atoms with Crippen molar-refractivity contribution in [1.29, 1.82) is 0 Å². The number of aromatic nitrogens is 3. The smallest absolute Gasteiger partial charge is 0.110 e. The molecule has 0 saturated carbocycles. The molecule has 3 heteroatoms. The highest BCUT2D eigenvalue weighted by Gasteiger charge is 2.03. The molecule has 0 aliphatic rings. The quantitative estimate of drug-likeness (QED) is 0.588. The van der Waals surface area contributed by atoms with E-state index in [0.29, 0.717) is 0 Å². The second kappa shape index (κ2) is 2.30. The molecule has 2 heterocycles. The average molecular weight is 161 g/mol. The van der Waals surface area contributed by atoms with Crippen LogP contribution in [0, 0.1) is 20.8 Å². The van der Waals surface area contributed by atoms with Crippen molar-refractivity contribution >= 4 is 5.52 Å². The van der Waals surface area contributed by atoms with Crippen molar-refractivity contribution < 1.29 is 0 Å². The van der Waals surface area contributed by atoms with Gasteiger partial charge < -0.3 is 0 Å². The summed E-state index contributed by atoms with van der Waals surface area (Å²) in [6.45, 7) is 6.03. The van der Waals surface area contributed by atoms with E-state index >= 15 is 0 Å². The van der Waals surface area contributed by atoms with Gasteiger partial charge in [0.05, 0.1) is 17.4 Å². The highest BCUT2D eigenvalue weighted by molar-refractivity contribution is 5.51. The van der Waals surface area contributed by atoms with Gasteiger partial charge in [0.15, 0.2) is 0 Å². The van der Waals surface area contributed by atoms with Crippen LogP contribution >= 0.6 is 0 Å². The molecule has 0 fully saturated rings. The number of rotatable bonds is 0. The van der Waals surface area contributed by atoms with Gasteiger partial charge >= 0.3 is 0 Å². The first-order chi connectivity index (χ1) is 5.70. The Hall–Kier alpha value is -1.38. The fourth-order valence-corrected chi connectivity index (χ4v) is 1.46. The first-order valence-corrected chi connectivity index (χ1v) is 3.96. The summed E-state index contributed by atoms with van der Waals surface area (Å²) in [7, 11) is 0. The van der Waals surface area contributed by atoms with E-state index in [9.17, 15) is 0 Å². The molecule has 0 N–H and O–H groups in total. The van der Waals surface area contributed by atoms with Gasteiger partial charge in [-0.25, -0.2) is 4.98 Å². The molecule has 2 rings (SSSR count). The van der Waals surface area contributed by atoms with Gasteiger partial charge in [-0.15, -0.1) is 0 Å². The summed E-state index contributed by atoms with van der Waals surface area (Å²) in [6.07, 6.45) is 3.74. The van der Waals surface area contributed by atoms with Crippen LogP contribution in [-0.4, -0.2) is 14.4 Å². The zero-order valence-electron chi connectivity index (χ0n) is 7.50. The molecule has 0 aliphatic carbocycles. The molecule has 2 aromatic heterocycles. The molecule has 0 bridgehead atoms. The summed E-state index contributed by atoms with van der Waals surface area (Å²) in [5, 5.41) is 0.